The molecule has 0 bridgehead atoms. The van der Waals surface area contributed by atoms with Crippen molar-refractivity contribution >= 4 is 11.7 Å². The molecule has 0 heterocycles. The van der Waals surface area contributed by atoms with Crippen LogP contribution in [0.25, 0.3) is 0 Å². The fourth-order valence-electron chi connectivity index (χ4n) is 1.45. The Hall–Kier alpha value is -2.04. The van der Waals surface area contributed by atoms with Gasteiger partial charge in [0.1, 0.15) is 12.9 Å². The third kappa shape index (κ3) is 4.62. The summed E-state index contributed by atoms with van der Waals surface area (Å²) in [6, 6.07) is 7.02. The van der Waals surface area contributed by atoms with E-state index in [9.17, 15) is 4.79 Å². The fraction of sp³-hybridized carbons (Fsp3) is 0.429. The van der Waals surface area contributed by atoms with E-state index in [2.05, 4.69) is 5.16 Å². The molecule has 1 aromatic carbocycles. The second-order valence-corrected chi connectivity index (χ2v) is 3.84. The van der Waals surface area contributed by atoms with Crippen LogP contribution >= 0.6 is 0 Å². The molecule has 0 atom stereocenters. The van der Waals surface area contributed by atoms with Crippen LogP contribution in [0.2, 0.25) is 0 Å². The second-order valence-electron chi connectivity index (χ2n) is 3.84. The third-order valence-electron chi connectivity index (χ3n) is 2.45. The molecule has 0 fully saturated rings. The van der Waals surface area contributed by atoms with E-state index in [-0.39, 0.29) is 5.71 Å². The standard InChI is InChI=1S/C14H19NO4/c1-4-5-9-19-14(16)13(15-18-3)11-7-6-8-12(10-11)17-2/h6-8,10H,4-5,9H2,1-3H3/b15-13-. The van der Waals surface area contributed by atoms with E-state index in [1.165, 1.54) is 7.11 Å². The van der Waals surface area contributed by atoms with E-state index < -0.39 is 5.97 Å². The van der Waals surface area contributed by atoms with Gasteiger partial charge in [-0.3, -0.25) is 0 Å². The van der Waals surface area contributed by atoms with Crippen molar-refractivity contribution in [3.05, 3.63) is 29.8 Å². The molecule has 0 aromatic heterocycles. The minimum atomic E-state index is -0.497. The molecule has 104 valence electrons. The van der Waals surface area contributed by atoms with Gasteiger partial charge < -0.3 is 14.3 Å². The van der Waals surface area contributed by atoms with E-state index in [1.807, 2.05) is 6.92 Å². The Labute approximate surface area is 113 Å². The van der Waals surface area contributed by atoms with Gasteiger partial charge in [-0.25, -0.2) is 4.79 Å². The number of hydrogen-bond acceptors (Lipinski definition) is 5. The smallest absolute Gasteiger partial charge is 0.361 e. The van der Waals surface area contributed by atoms with Gasteiger partial charge in [-0.15, -0.1) is 0 Å². The van der Waals surface area contributed by atoms with Crippen LogP contribution in [0.5, 0.6) is 5.75 Å². The maximum absolute atomic E-state index is 11.9. The maximum Gasteiger partial charge on any atom is 0.361 e. The quantitative estimate of drug-likeness (QED) is 0.329. The number of benzene rings is 1. The van der Waals surface area contributed by atoms with Crippen molar-refractivity contribution < 1.29 is 19.1 Å². The molecule has 0 spiro atoms. The highest BCUT2D eigenvalue weighted by molar-refractivity contribution is 6.43. The highest BCUT2D eigenvalue weighted by Gasteiger charge is 2.17. The van der Waals surface area contributed by atoms with Gasteiger partial charge in [0.2, 0.25) is 0 Å². The van der Waals surface area contributed by atoms with Crippen molar-refractivity contribution in [2.75, 3.05) is 20.8 Å². The first-order chi connectivity index (χ1) is 9.22. The van der Waals surface area contributed by atoms with E-state index in [0.717, 1.165) is 12.8 Å². The topological polar surface area (TPSA) is 57.1 Å². The SMILES string of the molecule is CCCCOC(=O)/C(=N\OC)c1cccc(OC)c1. The molecule has 1 rings (SSSR count). The Bertz CT molecular complexity index is 443. The predicted octanol–water partition coefficient (Wildman–Crippen LogP) is 2.39. The summed E-state index contributed by atoms with van der Waals surface area (Å²) in [5.41, 5.74) is 0.736. The molecule has 5 heteroatoms. The number of ether oxygens (including phenoxy) is 2. The minimum Gasteiger partial charge on any atom is -0.497 e. The highest BCUT2D eigenvalue weighted by atomic mass is 16.6. The Morgan fingerprint density at radius 3 is 2.74 bits per heavy atom. The summed E-state index contributed by atoms with van der Waals surface area (Å²) in [6.07, 6.45) is 1.79. The number of carbonyl (C=O) groups excluding carboxylic acids is 1. The zero-order valence-electron chi connectivity index (χ0n) is 11.5. The summed E-state index contributed by atoms with van der Waals surface area (Å²) < 4.78 is 10.2. The number of carbonyl (C=O) groups is 1. The molecule has 5 nitrogen and oxygen atoms in total. The van der Waals surface area contributed by atoms with Gasteiger partial charge in [0.25, 0.3) is 0 Å². The molecule has 0 unspecified atom stereocenters. The Morgan fingerprint density at radius 1 is 1.32 bits per heavy atom. The number of hydrogen-bond donors (Lipinski definition) is 0. The predicted molar refractivity (Wildman–Crippen MR) is 72.4 cm³/mol. The van der Waals surface area contributed by atoms with Gasteiger partial charge in [-0.05, 0) is 18.6 Å². The second kappa shape index (κ2) is 8.13. The van der Waals surface area contributed by atoms with Crippen molar-refractivity contribution in [2.45, 2.75) is 19.8 Å². The molecule has 0 amide bonds. The van der Waals surface area contributed by atoms with Gasteiger partial charge in [0, 0.05) is 5.56 Å². The molecular formula is C14H19NO4. The molecular weight excluding hydrogens is 246 g/mol. The van der Waals surface area contributed by atoms with Crippen LogP contribution in [-0.4, -0.2) is 32.5 Å². The van der Waals surface area contributed by atoms with Crippen molar-refractivity contribution in [3.8, 4) is 5.75 Å². The molecule has 0 aliphatic heterocycles. The molecule has 0 N–H and O–H groups in total. The van der Waals surface area contributed by atoms with Crippen LogP contribution in [-0.2, 0) is 14.4 Å². The van der Waals surface area contributed by atoms with Crippen LogP contribution < -0.4 is 4.74 Å². The number of methoxy groups -OCH3 is 1. The first-order valence-electron chi connectivity index (χ1n) is 6.15. The largest absolute Gasteiger partial charge is 0.497 e. The average Bonchev–Trinajstić information content (AvgIpc) is 2.45. The van der Waals surface area contributed by atoms with Crippen LogP contribution in [0, 0.1) is 0 Å². The number of rotatable bonds is 7. The zero-order chi connectivity index (χ0) is 14.1. The van der Waals surface area contributed by atoms with Crippen LogP contribution in [0.3, 0.4) is 0 Å². The number of unbranched alkanes of at least 4 members (excludes halogenated alkanes) is 1. The monoisotopic (exact) mass is 265 g/mol. The van der Waals surface area contributed by atoms with Gasteiger partial charge in [-0.2, -0.15) is 0 Å². The Morgan fingerprint density at radius 2 is 2.11 bits per heavy atom. The number of nitrogens with zero attached hydrogens (tertiary/aromatic N) is 1. The van der Waals surface area contributed by atoms with Crippen LogP contribution in [0.15, 0.2) is 29.4 Å². The minimum absolute atomic E-state index is 0.137. The van der Waals surface area contributed by atoms with Crippen LogP contribution in [0.1, 0.15) is 25.3 Å². The molecule has 0 saturated carbocycles. The molecule has 0 saturated heterocycles. The fourth-order valence-corrected chi connectivity index (χ4v) is 1.45. The highest BCUT2D eigenvalue weighted by Crippen LogP contribution is 2.14. The number of oxime groups is 1. The molecule has 0 radical (unpaired) electrons. The van der Waals surface area contributed by atoms with E-state index in [1.54, 1.807) is 31.4 Å². The third-order valence-corrected chi connectivity index (χ3v) is 2.45. The van der Waals surface area contributed by atoms with E-state index in [4.69, 9.17) is 14.3 Å². The first-order valence-corrected chi connectivity index (χ1v) is 6.15. The molecule has 19 heavy (non-hydrogen) atoms. The molecule has 1 aromatic rings. The number of esters is 1. The summed E-state index contributed by atoms with van der Waals surface area (Å²) in [7, 11) is 2.95. The summed E-state index contributed by atoms with van der Waals surface area (Å²) in [5, 5.41) is 3.74. The van der Waals surface area contributed by atoms with Gasteiger partial charge >= 0.3 is 5.97 Å². The maximum atomic E-state index is 11.9. The van der Waals surface area contributed by atoms with Gasteiger partial charge in [0.15, 0.2) is 5.71 Å². The lowest BCUT2D eigenvalue weighted by atomic mass is 10.1. The summed E-state index contributed by atoms with van der Waals surface area (Å²) in [4.78, 5) is 16.6. The Balaban J connectivity index is 2.87. The lowest BCUT2D eigenvalue weighted by molar-refractivity contribution is -0.135. The summed E-state index contributed by atoms with van der Waals surface area (Å²) in [5.74, 6) is 0.145. The van der Waals surface area contributed by atoms with Crippen molar-refractivity contribution in [3.63, 3.8) is 0 Å². The Kier molecular flexibility index (Phi) is 6.43. The van der Waals surface area contributed by atoms with Crippen molar-refractivity contribution in [2.24, 2.45) is 5.16 Å². The molecule has 0 aliphatic rings. The van der Waals surface area contributed by atoms with Crippen molar-refractivity contribution in [1.82, 2.24) is 0 Å². The van der Waals surface area contributed by atoms with Crippen LogP contribution in [0.4, 0.5) is 0 Å². The van der Waals surface area contributed by atoms with E-state index >= 15 is 0 Å². The van der Waals surface area contributed by atoms with E-state index in [0.29, 0.717) is 17.9 Å². The van der Waals surface area contributed by atoms with Gasteiger partial charge in [-0.1, -0.05) is 30.6 Å². The normalized spacial score (nSPS) is 11.0. The zero-order valence-corrected chi connectivity index (χ0v) is 11.5. The van der Waals surface area contributed by atoms with Crippen molar-refractivity contribution in [1.29, 1.82) is 0 Å². The summed E-state index contributed by atoms with van der Waals surface area (Å²) in [6.45, 7) is 2.40. The molecule has 0 aliphatic carbocycles. The summed E-state index contributed by atoms with van der Waals surface area (Å²) >= 11 is 0. The lowest BCUT2D eigenvalue weighted by Gasteiger charge is -2.08. The lowest BCUT2D eigenvalue weighted by Crippen LogP contribution is -2.19. The first kappa shape index (κ1) is 15.0. The van der Waals surface area contributed by atoms with Gasteiger partial charge in [0.05, 0.1) is 13.7 Å². The average molecular weight is 265 g/mol.